The van der Waals surface area contributed by atoms with Crippen molar-refractivity contribution in [1.29, 1.82) is 0 Å². The molecule has 28 heavy (non-hydrogen) atoms. The fraction of sp³-hybridized carbons (Fsp3) is 0.304. The third-order valence-electron chi connectivity index (χ3n) is 5.91. The van der Waals surface area contributed by atoms with E-state index in [0.29, 0.717) is 22.9 Å². The van der Waals surface area contributed by atoms with E-state index in [0.717, 1.165) is 30.7 Å². The molecular weight excluding hydrogens is 372 g/mol. The minimum atomic E-state index is -0.183. The number of aromatic amines is 1. The number of carbonyl (C=O) groups is 1. The SMILES string of the molecule is O=C(NCC1(c2ccc(Cl)cc2)CCCCC1)c1c[nH]c(=O)c2ccccc12. The van der Waals surface area contributed by atoms with Crippen molar-refractivity contribution in [3.05, 3.63) is 81.2 Å². The molecule has 3 aromatic rings. The number of carbonyl (C=O) groups excluding carboxylic acids is 1. The van der Waals surface area contributed by atoms with E-state index in [2.05, 4.69) is 22.4 Å². The third kappa shape index (κ3) is 3.57. The van der Waals surface area contributed by atoms with Gasteiger partial charge < -0.3 is 10.3 Å². The van der Waals surface area contributed by atoms with Crippen molar-refractivity contribution in [2.24, 2.45) is 0 Å². The van der Waals surface area contributed by atoms with Gasteiger partial charge in [-0.05, 0) is 36.6 Å². The fourth-order valence-electron chi connectivity index (χ4n) is 4.34. The number of rotatable bonds is 4. The van der Waals surface area contributed by atoms with Crippen molar-refractivity contribution in [1.82, 2.24) is 10.3 Å². The molecule has 1 saturated carbocycles. The van der Waals surface area contributed by atoms with Gasteiger partial charge in [-0.1, -0.05) is 61.2 Å². The standard InChI is InChI=1S/C23H23ClN2O2/c24-17-10-8-16(9-11-17)23(12-4-1-5-13-23)15-26-22(28)20-14-25-21(27)19-7-3-2-6-18(19)20/h2-3,6-11,14H,1,4-5,12-13,15H2,(H,25,27)(H,26,28). The van der Waals surface area contributed by atoms with E-state index in [-0.39, 0.29) is 16.9 Å². The van der Waals surface area contributed by atoms with Crippen LogP contribution < -0.4 is 10.9 Å². The molecule has 144 valence electrons. The molecule has 4 rings (SSSR count). The minimum absolute atomic E-state index is 0.0729. The van der Waals surface area contributed by atoms with Crippen molar-refractivity contribution in [2.75, 3.05) is 6.54 Å². The van der Waals surface area contributed by atoms with E-state index < -0.39 is 0 Å². The lowest BCUT2D eigenvalue weighted by Crippen LogP contribution is -2.42. The summed E-state index contributed by atoms with van der Waals surface area (Å²) in [6, 6.07) is 15.2. The zero-order valence-electron chi connectivity index (χ0n) is 15.6. The molecule has 0 unspecified atom stereocenters. The number of hydrogen-bond donors (Lipinski definition) is 2. The third-order valence-corrected chi connectivity index (χ3v) is 6.16. The van der Waals surface area contributed by atoms with Crippen LogP contribution in [0.5, 0.6) is 0 Å². The molecule has 0 atom stereocenters. The number of halogens is 1. The van der Waals surface area contributed by atoms with Gasteiger partial charge >= 0.3 is 0 Å². The molecule has 0 radical (unpaired) electrons. The first kappa shape index (κ1) is 18.8. The van der Waals surface area contributed by atoms with Crippen LogP contribution in [0.1, 0.15) is 48.0 Å². The van der Waals surface area contributed by atoms with Crippen molar-refractivity contribution in [2.45, 2.75) is 37.5 Å². The normalized spacial score (nSPS) is 16.0. The molecule has 2 N–H and O–H groups in total. The summed E-state index contributed by atoms with van der Waals surface area (Å²) in [5, 5.41) is 5.06. The highest BCUT2D eigenvalue weighted by molar-refractivity contribution is 6.30. The second-order valence-electron chi connectivity index (χ2n) is 7.61. The van der Waals surface area contributed by atoms with Gasteiger partial charge in [0.25, 0.3) is 11.5 Å². The summed E-state index contributed by atoms with van der Waals surface area (Å²) < 4.78 is 0. The van der Waals surface area contributed by atoms with E-state index >= 15 is 0 Å². The minimum Gasteiger partial charge on any atom is -0.351 e. The van der Waals surface area contributed by atoms with Crippen LogP contribution in [0.4, 0.5) is 0 Å². The lowest BCUT2D eigenvalue weighted by atomic mass is 9.69. The second-order valence-corrected chi connectivity index (χ2v) is 8.04. The van der Waals surface area contributed by atoms with Gasteiger partial charge in [0.2, 0.25) is 0 Å². The van der Waals surface area contributed by atoms with Crippen molar-refractivity contribution >= 4 is 28.3 Å². The van der Waals surface area contributed by atoms with Gasteiger partial charge in [-0.15, -0.1) is 0 Å². The van der Waals surface area contributed by atoms with E-state index in [4.69, 9.17) is 11.6 Å². The van der Waals surface area contributed by atoms with E-state index in [1.807, 2.05) is 24.3 Å². The van der Waals surface area contributed by atoms with E-state index in [9.17, 15) is 9.59 Å². The zero-order valence-corrected chi connectivity index (χ0v) is 16.4. The van der Waals surface area contributed by atoms with Gasteiger partial charge in [0.1, 0.15) is 0 Å². The van der Waals surface area contributed by atoms with Crippen molar-refractivity contribution in [3.63, 3.8) is 0 Å². The first-order valence-corrected chi connectivity index (χ1v) is 10.1. The van der Waals surface area contributed by atoms with Crippen LogP contribution in [0.2, 0.25) is 5.02 Å². The lowest BCUT2D eigenvalue weighted by Gasteiger charge is -2.38. The Balaban J connectivity index is 1.61. The maximum Gasteiger partial charge on any atom is 0.255 e. The molecular formula is C23H23ClN2O2. The highest BCUT2D eigenvalue weighted by Crippen LogP contribution is 2.39. The van der Waals surface area contributed by atoms with E-state index in [1.165, 1.54) is 18.2 Å². The van der Waals surface area contributed by atoms with Crippen LogP contribution in [0.25, 0.3) is 10.8 Å². The maximum atomic E-state index is 13.0. The number of H-pyrrole nitrogens is 1. The number of nitrogens with one attached hydrogen (secondary N) is 2. The number of aromatic nitrogens is 1. The molecule has 4 nitrogen and oxygen atoms in total. The molecule has 0 aliphatic heterocycles. The molecule has 1 aliphatic carbocycles. The number of hydrogen-bond acceptors (Lipinski definition) is 2. The summed E-state index contributed by atoms with van der Waals surface area (Å²) in [6.07, 6.45) is 7.13. The second kappa shape index (κ2) is 7.80. The number of pyridine rings is 1. The monoisotopic (exact) mass is 394 g/mol. The maximum absolute atomic E-state index is 13.0. The number of benzene rings is 2. The predicted molar refractivity (Wildman–Crippen MR) is 113 cm³/mol. The number of amides is 1. The summed E-state index contributed by atoms with van der Waals surface area (Å²) in [5.41, 5.74) is 1.47. The average molecular weight is 395 g/mol. The molecule has 0 bridgehead atoms. The first-order chi connectivity index (χ1) is 13.6. The van der Waals surface area contributed by atoms with Gasteiger partial charge in [0, 0.05) is 34.0 Å². The highest BCUT2D eigenvalue weighted by Gasteiger charge is 2.34. The quantitative estimate of drug-likeness (QED) is 0.666. The van der Waals surface area contributed by atoms with Gasteiger partial charge in [0.15, 0.2) is 0 Å². The zero-order chi connectivity index (χ0) is 19.6. The van der Waals surface area contributed by atoms with Crippen LogP contribution in [-0.2, 0) is 5.41 Å². The molecule has 1 heterocycles. The molecule has 1 aliphatic rings. The lowest BCUT2D eigenvalue weighted by molar-refractivity contribution is 0.0938. The topological polar surface area (TPSA) is 62.0 Å². The van der Waals surface area contributed by atoms with Crippen LogP contribution in [0, 0.1) is 0 Å². The Kier molecular flexibility index (Phi) is 5.23. The molecule has 1 fully saturated rings. The summed E-state index contributed by atoms with van der Waals surface area (Å²) in [6.45, 7) is 0.570. The summed E-state index contributed by atoms with van der Waals surface area (Å²) in [5.74, 6) is -0.161. The molecule has 2 aromatic carbocycles. The van der Waals surface area contributed by atoms with Gasteiger partial charge in [-0.25, -0.2) is 0 Å². The van der Waals surface area contributed by atoms with Gasteiger partial charge in [-0.2, -0.15) is 0 Å². The molecule has 1 aromatic heterocycles. The smallest absolute Gasteiger partial charge is 0.255 e. The Bertz CT molecular complexity index is 1050. The molecule has 5 heteroatoms. The summed E-state index contributed by atoms with van der Waals surface area (Å²) in [4.78, 5) is 27.7. The molecule has 0 saturated heterocycles. The Morgan fingerprint density at radius 3 is 2.39 bits per heavy atom. The highest BCUT2D eigenvalue weighted by atomic mass is 35.5. The fourth-order valence-corrected chi connectivity index (χ4v) is 4.47. The van der Waals surface area contributed by atoms with Crippen LogP contribution in [-0.4, -0.2) is 17.4 Å². The first-order valence-electron chi connectivity index (χ1n) is 9.74. The summed E-state index contributed by atoms with van der Waals surface area (Å²) >= 11 is 6.07. The van der Waals surface area contributed by atoms with Crippen molar-refractivity contribution in [3.8, 4) is 0 Å². The van der Waals surface area contributed by atoms with Crippen LogP contribution >= 0.6 is 11.6 Å². The van der Waals surface area contributed by atoms with Crippen LogP contribution in [0.3, 0.4) is 0 Å². The Hall–Kier alpha value is -2.59. The van der Waals surface area contributed by atoms with Gasteiger partial charge in [-0.3, -0.25) is 9.59 Å². The Labute approximate surface area is 168 Å². The van der Waals surface area contributed by atoms with Crippen molar-refractivity contribution < 1.29 is 4.79 Å². The van der Waals surface area contributed by atoms with Crippen LogP contribution in [0.15, 0.2) is 59.5 Å². The van der Waals surface area contributed by atoms with Gasteiger partial charge in [0.05, 0.1) is 5.56 Å². The number of fused-ring (bicyclic) bond motifs is 1. The summed E-state index contributed by atoms with van der Waals surface area (Å²) in [7, 11) is 0. The average Bonchev–Trinajstić information content (AvgIpc) is 2.74. The van der Waals surface area contributed by atoms with E-state index in [1.54, 1.807) is 12.1 Å². The molecule has 0 spiro atoms. The Morgan fingerprint density at radius 1 is 1.00 bits per heavy atom. The largest absolute Gasteiger partial charge is 0.351 e. The molecule has 1 amide bonds. The predicted octanol–water partition coefficient (Wildman–Crippen LogP) is 4.81. The Morgan fingerprint density at radius 2 is 1.68 bits per heavy atom.